The largest absolute Gasteiger partial charge is 0.393 e. The highest BCUT2D eigenvalue weighted by molar-refractivity contribution is 7.80. The van der Waals surface area contributed by atoms with Crippen LogP contribution in [0.15, 0.2) is 0 Å². The predicted octanol–water partition coefficient (Wildman–Crippen LogP) is 0.662. The van der Waals surface area contributed by atoms with E-state index in [9.17, 15) is 0 Å². The Kier molecular flexibility index (Phi) is 3.09. The van der Waals surface area contributed by atoms with Gasteiger partial charge in [0.05, 0.1) is 4.99 Å². The highest BCUT2D eigenvalue weighted by atomic mass is 32.1. The quantitative estimate of drug-likeness (QED) is 0.580. The molecule has 1 unspecified atom stereocenters. The van der Waals surface area contributed by atoms with Crippen LogP contribution in [0.5, 0.6) is 0 Å². The van der Waals surface area contributed by atoms with Gasteiger partial charge in [-0.15, -0.1) is 0 Å². The third-order valence-corrected chi connectivity index (χ3v) is 2.06. The van der Waals surface area contributed by atoms with Crippen molar-refractivity contribution in [2.45, 2.75) is 19.3 Å². The molecule has 1 heterocycles. The Labute approximate surface area is 67.2 Å². The average Bonchev–Trinajstić information content (AvgIpc) is 1.88. The Morgan fingerprint density at radius 2 is 2.50 bits per heavy atom. The molecule has 3 N–H and O–H groups in total. The Hall–Kier alpha value is -0.150. The molecule has 1 saturated heterocycles. The average molecular weight is 158 g/mol. The molecule has 10 heavy (non-hydrogen) atoms. The van der Waals surface area contributed by atoms with Gasteiger partial charge in [0.1, 0.15) is 0 Å². The van der Waals surface area contributed by atoms with E-state index in [1.807, 2.05) is 0 Å². The zero-order valence-electron chi connectivity index (χ0n) is 6.10. The SMILES string of the molecule is NC(=S)CC1CCCNC1. The van der Waals surface area contributed by atoms with Gasteiger partial charge in [-0.05, 0) is 31.8 Å². The fourth-order valence-corrected chi connectivity index (χ4v) is 1.62. The lowest BCUT2D eigenvalue weighted by Crippen LogP contribution is -2.31. The third kappa shape index (κ3) is 2.62. The molecule has 0 aromatic rings. The van der Waals surface area contributed by atoms with Crippen molar-refractivity contribution in [3.8, 4) is 0 Å². The van der Waals surface area contributed by atoms with Crippen molar-refractivity contribution in [1.82, 2.24) is 5.32 Å². The second-order valence-corrected chi connectivity index (χ2v) is 3.41. The van der Waals surface area contributed by atoms with Gasteiger partial charge in [-0.25, -0.2) is 0 Å². The van der Waals surface area contributed by atoms with E-state index in [1.165, 1.54) is 12.8 Å². The monoisotopic (exact) mass is 158 g/mol. The minimum Gasteiger partial charge on any atom is -0.393 e. The van der Waals surface area contributed by atoms with Crippen molar-refractivity contribution in [1.29, 1.82) is 0 Å². The highest BCUT2D eigenvalue weighted by Crippen LogP contribution is 2.13. The van der Waals surface area contributed by atoms with Crippen LogP contribution in [0.2, 0.25) is 0 Å². The zero-order valence-corrected chi connectivity index (χ0v) is 6.91. The van der Waals surface area contributed by atoms with E-state index in [1.54, 1.807) is 0 Å². The number of hydrogen-bond donors (Lipinski definition) is 2. The molecule has 1 fully saturated rings. The summed E-state index contributed by atoms with van der Waals surface area (Å²) in [6.07, 6.45) is 3.47. The fourth-order valence-electron chi connectivity index (χ4n) is 1.38. The number of hydrogen-bond acceptors (Lipinski definition) is 2. The summed E-state index contributed by atoms with van der Waals surface area (Å²) in [7, 11) is 0. The van der Waals surface area contributed by atoms with E-state index in [4.69, 9.17) is 18.0 Å². The van der Waals surface area contributed by atoms with Gasteiger partial charge in [0.15, 0.2) is 0 Å². The molecule has 1 atom stereocenters. The lowest BCUT2D eigenvalue weighted by Gasteiger charge is -2.21. The van der Waals surface area contributed by atoms with E-state index in [0.29, 0.717) is 10.9 Å². The van der Waals surface area contributed by atoms with E-state index >= 15 is 0 Å². The van der Waals surface area contributed by atoms with Crippen molar-refractivity contribution < 1.29 is 0 Å². The highest BCUT2D eigenvalue weighted by Gasteiger charge is 2.12. The van der Waals surface area contributed by atoms with Crippen LogP contribution < -0.4 is 11.1 Å². The van der Waals surface area contributed by atoms with Crippen LogP contribution in [0.3, 0.4) is 0 Å². The first-order valence-electron chi connectivity index (χ1n) is 3.78. The second kappa shape index (κ2) is 3.88. The number of thiocarbonyl (C=S) groups is 1. The van der Waals surface area contributed by atoms with Crippen molar-refractivity contribution in [3.05, 3.63) is 0 Å². The molecule has 0 spiro atoms. The van der Waals surface area contributed by atoms with E-state index in [2.05, 4.69) is 5.32 Å². The summed E-state index contributed by atoms with van der Waals surface area (Å²) >= 11 is 4.83. The Balaban J connectivity index is 2.19. The summed E-state index contributed by atoms with van der Waals surface area (Å²) in [4.78, 5) is 0.661. The first kappa shape index (κ1) is 7.95. The van der Waals surface area contributed by atoms with Gasteiger partial charge < -0.3 is 11.1 Å². The lowest BCUT2D eigenvalue weighted by molar-refractivity contribution is 0.388. The van der Waals surface area contributed by atoms with Gasteiger partial charge in [-0.3, -0.25) is 0 Å². The molecular weight excluding hydrogens is 144 g/mol. The maximum atomic E-state index is 5.43. The molecule has 0 saturated carbocycles. The Morgan fingerprint density at radius 1 is 1.70 bits per heavy atom. The minimum absolute atomic E-state index is 0.661. The molecule has 1 aliphatic rings. The van der Waals surface area contributed by atoms with Gasteiger partial charge >= 0.3 is 0 Å². The fraction of sp³-hybridized carbons (Fsp3) is 0.857. The molecule has 2 nitrogen and oxygen atoms in total. The summed E-state index contributed by atoms with van der Waals surface area (Å²) in [6, 6.07) is 0. The van der Waals surface area contributed by atoms with Gasteiger partial charge in [0, 0.05) is 6.42 Å². The molecule has 0 aromatic heterocycles. The minimum atomic E-state index is 0.661. The molecule has 0 bridgehead atoms. The molecule has 1 rings (SSSR count). The van der Waals surface area contributed by atoms with Crippen LogP contribution in [-0.4, -0.2) is 18.1 Å². The number of rotatable bonds is 2. The van der Waals surface area contributed by atoms with Crippen LogP contribution >= 0.6 is 12.2 Å². The van der Waals surface area contributed by atoms with Crippen LogP contribution in [-0.2, 0) is 0 Å². The van der Waals surface area contributed by atoms with Gasteiger partial charge in [0.2, 0.25) is 0 Å². The number of piperidine rings is 1. The Morgan fingerprint density at radius 3 is 3.00 bits per heavy atom. The summed E-state index contributed by atoms with van der Waals surface area (Å²) in [6.45, 7) is 2.26. The maximum Gasteiger partial charge on any atom is 0.0730 e. The lowest BCUT2D eigenvalue weighted by atomic mass is 9.96. The van der Waals surface area contributed by atoms with Crippen molar-refractivity contribution in [2.75, 3.05) is 13.1 Å². The zero-order chi connectivity index (χ0) is 7.40. The van der Waals surface area contributed by atoms with E-state index in [0.717, 1.165) is 19.5 Å². The van der Waals surface area contributed by atoms with Crippen molar-refractivity contribution in [3.63, 3.8) is 0 Å². The molecule has 1 aliphatic heterocycles. The van der Waals surface area contributed by atoms with Gasteiger partial charge in [-0.1, -0.05) is 12.2 Å². The van der Waals surface area contributed by atoms with Crippen molar-refractivity contribution >= 4 is 17.2 Å². The first-order valence-corrected chi connectivity index (χ1v) is 4.19. The molecule has 3 heteroatoms. The molecule has 58 valence electrons. The van der Waals surface area contributed by atoms with Crippen LogP contribution in [0, 0.1) is 5.92 Å². The van der Waals surface area contributed by atoms with E-state index in [-0.39, 0.29) is 0 Å². The first-order chi connectivity index (χ1) is 4.79. The molecule has 0 radical (unpaired) electrons. The van der Waals surface area contributed by atoms with Crippen LogP contribution in [0.1, 0.15) is 19.3 Å². The van der Waals surface area contributed by atoms with Crippen LogP contribution in [0.4, 0.5) is 0 Å². The summed E-state index contributed by atoms with van der Waals surface area (Å²) in [5.41, 5.74) is 5.43. The molecular formula is C7H14N2S. The molecule has 0 amide bonds. The maximum absolute atomic E-state index is 5.43. The molecule has 0 aromatic carbocycles. The summed E-state index contributed by atoms with van der Waals surface area (Å²) in [5, 5.41) is 3.32. The van der Waals surface area contributed by atoms with Crippen molar-refractivity contribution in [2.24, 2.45) is 11.7 Å². The third-order valence-electron chi connectivity index (χ3n) is 1.89. The summed E-state index contributed by atoms with van der Waals surface area (Å²) in [5.74, 6) is 0.700. The number of nitrogens with two attached hydrogens (primary N) is 1. The number of nitrogens with one attached hydrogen (secondary N) is 1. The van der Waals surface area contributed by atoms with E-state index < -0.39 is 0 Å². The topological polar surface area (TPSA) is 38.0 Å². The normalized spacial score (nSPS) is 26.2. The predicted molar refractivity (Wildman–Crippen MR) is 47.0 cm³/mol. The van der Waals surface area contributed by atoms with Gasteiger partial charge in [0.25, 0.3) is 0 Å². The standard InChI is InChI=1S/C7H14N2S/c8-7(10)4-6-2-1-3-9-5-6/h6,9H,1-5H2,(H2,8,10). The van der Waals surface area contributed by atoms with Crippen LogP contribution in [0.25, 0.3) is 0 Å². The Bertz CT molecular complexity index is 119. The molecule has 0 aliphatic carbocycles. The smallest absolute Gasteiger partial charge is 0.0730 e. The second-order valence-electron chi connectivity index (χ2n) is 2.88. The summed E-state index contributed by atoms with van der Waals surface area (Å²) < 4.78 is 0. The van der Waals surface area contributed by atoms with Gasteiger partial charge in [-0.2, -0.15) is 0 Å².